The first-order valence-electron chi connectivity index (χ1n) is 10.1. The molecule has 0 aliphatic carbocycles. The fourth-order valence-electron chi connectivity index (χ4n) is 3.51. The number of hydrazine groups is 1. The lowest BCUT2D eigenvalue weighted by Crippen LogP contribution is -2.34. The van der Waals surface area contributed by atoms with Gasteiger partial charge in [0.1, 0.15) is 0 Å². The molecule has 168 valence electrons. The number of halogens is 3. The molecule has 0 saturated heterocycles. The molecule has 1 aromatic heterocycles. The van der Waals surface area contributed by atoms with Gasteiger partial charge < -0.3 is 0 Å². The smallest absolute Gasteiger partial charge is 0.277 e. The minimum atomic E-state index is -4.44. The fourth-order valence-corrected chi connectivity index (χ4v) is 3.51. The first kappa shape index (κ1) is 22.1. The number of carbonyl (C=O) groups is 1. The summed E-state index contributed by atoms with van der Waals surface area (Å²) >= 11 is 0. The van der Waals surface area contributed by atoms with Crippen LogP contribution in [0.2, 0.25) is 0 Å². The molecule has 6 nitrogen and oxygen atoms in total. The number of nitrogens with one attached hydrogen (secondary N) is 2. The molecule has 0 radical (unpaired) electrons. The van der Waals surface area contributed by atoms with Crippen LogP contribution in [0.15, 0.2) is 77.6 Å². The minimum Gasteiger partial charge on any atom is -0.277 e. The number of amides is 1. The standard InChI is InChI=1S/C24H19F3N4O2/c1-2-31-22(33)19-9-5-6-10-20(19)28-23(31)30-29-21(32)18-8-4-3-7-17(18)15-11-13-16(14-12-15)24(25,26)27/h3-14H,2H2,1H3,(H,28,30)(H,29,32). The predicted molar refractivity (Wildman–Crippen MR) is 120 cm³/mol. The summed E-state index contributed by atoms with van der Waals surface area (Å²) in [5.74, 6) is -0.364. The average Bonchev–Trinajstić information content (AvgIpc) is 2.82. The van der Waals surface area contributed by atoms with E-state index >= 15 is 0 Å². The van der Waals surface area contributed by atoms with E-state index in [1.165, 1.54) is 16.7 Å². The van der Waals surface area contributed by atoms with E-state index < -0.39 is 17.6 Å². The van der Waals surface area contributed by atoms with E-state index in [-0.39, 0.29) is 17.1 Å². The molecule has 4 aromatic rings. The Morgan fingerprint density at radius 2 is 1.64 bits per heavy atom. The van der Waals surface area contributed by atoms with Crippen LogP contribution in [-0.4, -0.2) is 15.5 Å². The number of fused-ring (bicyclic) bond motifs is 1. The largest absolute Gasteiger partial charge is 0.416 e. The molecule has 4 rings (SSSR count). The van der Waals surface area contributed by atoms with Gasteiger partial charge in [-0.25, -0.2) is 4.98 Å². The number of anilines is 1. The van der Waals surface area contributed by atoms with Crippen molar-refractivity contribution in [2.45, 2.75) is 19.6 Å². The van der Waals surface area contributed by atoms with Crippen LogP contribution in [0.25, 0.3) is 22.0 Å². The second kappa shape index (κ2) is 8.78. The number of carbonyl (C=O) groups excluding carboxylic acids is 1. The lowest BCUT2D eigenvalue weighted by molar-refractivity contribution is -0.137. The van der Waals surface area contributed by atoms with E-state index in [4.69, 9.17) is 0 Å². The Bertz CT molecular complexity index is 1380. The van der Waals surface area contributed by atoms with Gasteiger partial charge in [-0.15, -0.1) is 0 Å². The maximum atomic E-state index is 12.9. The number of hydrogen-bond acceptors (Lipinski definition) is 4. The molecule has 0 aliphatic heterocycles. The third-order valence-corrected chi connectivity index (χ3v) is 5.16. The number of benzene rings is 3. The van der Waals surface area contributed by atoms with Crippen molar-refractivity contribution in [3.8, 4) is 11.1 Å². The minimum absolute atomic E-state index is 0.168. The SMILES string of the molecule is CCn1c(NNC(=O)c2ccccc2-c2ccc(C(F)(F)F)cc2)nc2ccccc2c1=O. The Hall–Kier alpha value is -4.14. The quantitative estimate of drug-likeness (QED) is 0.424. The first-order chi connectivity index (χ1) is 15.8. The van der Waals surface area contributed by atoms with E-state index in [1.807, 2.05) is 0 Å². The van der Waals surface area contributed by atoms with Gasteiger partial charge in [-0.2, -0.15) is 13.2 Å². The molecular formula is C24H19F3N4O2. The van der Waals surface area contributed by atoms with Crippen molar-refractivity contribution in [2.24, 2.45) is 0 Å². The molecule has 2 N–H and O–H groups in total. The Morgan fingerprint density at radius 3 is 2.33 bits per heavy atom. The highest BCUT2D eigenvalue weighted by molar-refractivity contribution is 6.01. The van der Waals surface area contributed by atoms with Gasteiger partial charge in [-0.3, -0.25) is 25.0 Å². The maximum Gasteiger partial charge on any atom is 0.416 e. The van der Waals surface area contributed by atoms with Crippen molar-refractivity contribution >= 4 is 22.8 Å². The van der Waals surface area contributed by atoms with E-state index in [1.54, 1.807) is 55.5 Å². The Kier molecular flexibility index (Phi) is 5.87. The molecule has 1 heterocycles. The summed E-state index contributed by atoms with van der Waals surface area (Å²) in [5, 5.41) is 0.462. The van der Waals surface area contributed by atoms with Gasteiger partial charge in [0.15, 0.2) is 0 Å². The van der Waals surface area contributed by atoms with Crippen LogP contribution < -0.4 is 16.4 Å². The van der Waals surface area contributed by atoms with Crippen molar-refractivity contribution < 1.29 is 18.0 Å². The third kappa shape index (κ3) is 4.43. The molecule has 1 amide bonds. The summed E-state index contributed by atoms with van der Waals surface area (Å²) in [6.45, 7) is 2.11. The second-order valence-electron chi connectivity index (χ2n) is 7.20. The summed E-state index contributed by atoms with van der Waals surface area (Å²) in [7, 11) is 0. The lowest BCUT2D eigenvalue weighted by Gasteiger charge is -2.15. The molecule has 0 fully saturated rings. The highest BCUT2D eigenvalue weighted by Gasteiger charge is 2.30. The number of nitrogens with zero attached hydrogens (tertiary/aromatic N) is 2. The lowest BCUT2D eigenvalue weighted by atomic mass is 9.98. The first-order valence-corrected chi connectivity index (χ1v) is 10.1. The summed E-state index contributed by atoms with van der Waals surface area (Å²) in [4.78, 5) is 30.1. The molecule has 0 spiro atoms. The van der Waals surface area contributed by atoms with Gasteiger partial charge in [-0.1, -0.05) is 42.5 Å². The Morgan fingerprint density at radius 1 is 0.970 bits per heavy atom. The number of hydrogen-bond donors (Lipinski definition) is 2. The van der Waals surface area contributed by atoms with Crippen LogP contribution in [0.3, 0.4) is 0 Å². The fraction of sp³-hybridized carbons (Fsp3) is 0.125. The number of para-hydroxylation sites is 1. The van der Waals surface area contributed by atoms with Crippen LogP contribution in [0.4, 0.5) is 19.1 Å². The summed E-state index contributed by atoms with van der Waals surface area (Å²) in [5.41, 5.74) is 5.88. The zero-order chi connectivity index (χ0) is 23.6. The van der Waals surface area contributed by atoms with Crippen LogP contribution >= 0.6 is 0 Å². The van der Waals surface area contributed by atoms with Gasteiger partial charge in [0.05, 0.1) is 16.5 Å². The molecule has 9 heteroatoms. The highest BCUT2D eigenvalue weighted by Crippen LogP contribution is 2.31. The molecule has 0 bridgehead atoms. The summed E-state index contributed by atoms with van der Waals surface area (Å²) in [6.07, 6.45) is -4.44. The topological polar surface area (TPSA) is 76.0 Å². The highest BCUT2D eigenvalue weighted by atomic mass is 19.4. The van der Waals surface area contributed by atoms with Crippen LogP contribution in [0.5, 0.6) is 0 Å². The number of aromatic nitrogens is 2. The molecule has 0 atom stereocenters. The van der Waals surface area contributed by atoms with E-state index in [0.717, 1.165) is 12.1 Å². The van der Waals surface area contributed by atoms with Gasteiger partial charge in [0, 0.05) is 12.1 Å². The number of rotatable bonds is 5. The Labute approximate surface area is 186 Å². The molecular weight excluding hydrogens is 433 g/mol. The van der Waals surface area contributed by atoms with Crippen LogP contribution in [0.1, 0.15) is 22.8 Å². The zero-order valence-electron chi connectivity index (χ0n) is 17.5. The summed E-state index contributed by atoms with van der Waals surface area (Å²) < 4.78 is 40.0. The van der Waals surface area contributed by atoms with Crippen molar-refractivity contribution in [1.82, 2.24) is 15.0 Å². The molecule has 0 saturated carbocycles. The van der Waals surface area contributed by atoms with Crippen molar-refractivity contribution in [3.05, 3.63) is 94.3 Å². The van der Waals surface area contributed by atoms with Crippen LogP contribution in [-0.2, 0) is 12.7 Å². The molecule has 3 aromatic carbocycles. The maximum absolute atomic E-state index is 12.9. The van der Waals surface area contributed by atoms with Gasteiger partial charge in [-0.05, 0) is 48.4 Å². The third-order valence-electron chi connectivity index (χ3n) is 5.16. The predicted octanol–water partition coefficient (Wildman–Crippen LogP) is 4.86. The average molecular weight is 452 g/mol. The monoisotopic (exact) mass is 452 g/mol. The van der Waals surface area contributed by atoms with E-state index in [2.05, 4.69) is 15.8 Å². The summed E-state index contributed by atoms with van der Waals surface area (Å²) in [6, 6.07) is 18.0. The molecule has 0 unspecified atom stereocenters. The second-order valence-corrected chi connectivity index (χ2v) is 7.20. The van der Waals surface area contributed by atoms with Crippen molar-refractivity contribution in [1.29, 1.82) is 0 Å². The van der Waals surface area contributed by atoms with E-state index in [0.29, 0.717) is 28.6 Å². The van der Waals surface area contributed by atoms with Crippen molar-refractivity contribution in [2.75, 3.05) is 5.43 Å². The van der Waals surface area contributed by atoms with Crippen LogP contribution in [0, 0.1) is 0 Å². The van der Waals surface area contributed by atoms with Gasteiger partial charge >= 0.3 is 6.18 Å². The van der Waals surface area contributed by atoms with Gasteiger partial charge in [0.2, 0.25) is 5.95 Å². The molecule has 33 heavy (non-hydrogen) atoms. The van der Waals surface area contributed by atoms with Crippen molar-refractivity contribution in [3.63, 3.8) is 0 Å². The normalized spacial score (nSPS) is 11.4. The number of alkyl halides is 3. The zero-order valence-corrected chi connectivity index (χ0v) is 17.5. The Balaban J connectivity index is 1.62. The van der Waals surface area contributed by atoms with E-state index in [9.17, 15) is 22.8 Å². The molecule has 0 aliphatic rings. The van der Waals surface area contributed by atoms with Gasteiger partial charge in [0.25, 0.3) is 11.5 Å².